The van der Waals surface area contributed by atoms with Crippen molar-refractivity contribution in [1.29, 1.82) is 0 Å². The van der Waals surface area contributed by atoms with Crippen molar-refractivity contribution in [2.75, 3.05) is 12.4 Å². The molecule has 3 heterocycles. The molecule has 0 saturated carbocycles. The highest BCUT2D eigenvalue weighted by molar-refractivity contribution is 5.94. The fourth-order valence-corrected chi connectivity index (χ4v) is 3.59. The molecule has 0 aliphatic heterocycles. The summed E-state index contributed by atoms with van der Waals surface area (Å²) in [5, 5.41) is 2.44. The number of aromatic amines is 2. The van der Waals surface area contributed by atoms with Crippen LogP contribution in [0.1, 0.15) is 5.56 Å². The normalized spacial score (nSPS) is 11.1. The van der Waals surface area contributed by atoms with E-state index in [1.54, 1.807) is 19.8 Å². The lowest BCUT2D eigenvalue weighted by Gasteiger charge is -2.10. The molecule has 31 heavy (non-hydrogen) atoms. The van der Waals surface area contributed by atoms with Gasteiger partial charge in [0.25, 0.3) is 0 Å². The highest BCUT2D eigenvalue weighted by atomic mass is 16.5. The number of aromatic nitrogens is 6. The van der Waals surface area contributed by atoms with Gasteiger partial charge in [0.05, 0.1) is 31.0 Å². The summed E-state index contributed by atoms with van der Waals surface area (Å²) in [4.78, 5) is 43.1. The number of anilines is 1. The Balaban J connectivity index is 1.74. The van der Waals surface area contributed by atoms with Crippen LogP contribution in [0.4, 0.5) is 5.82 Å². The van der Waals surface area contributed by atoms with E-state index in [1.807, 2.05) is 42.5 Å². The van der Waals surface area contributed by atoms with Gasteiger partial charge in [-0.2, -0.15) is 0 Å². The van der Waals surface area contributed by atoms with Crippen molar-refractivity contribution in [3.63, 3.8) is 0 Å². The number of ether oxygens (including phenoxy) is 1. The number of carbonyl (C=O) groups excluding carboxylic acids is 1. The van der Waals surface area contributed by atoms with E-state index in [0.717, 1.165) is 11.1 Å². The second-order valence-electron chi connectivity index (χ2n) is 6.75. The maximum atomic E-state index is 12.8. The summed E-state index contributed by atoms with van der Waals surface area (Å²) < 4.78 is 6.88. The molecule has 0 fully saturated rings. The van der Waals surface area contributed by atoms with Gasteiger partial charge in [0.15, 0.2) is 17.3 Å². The third-order valence-electron chi connectivity index (χ3n) is 5.00. The molecule has 5 aromatic rings. The summed E-state index contributed by atoms with van der Waals surface area (Å²) >= 11 is 0. The number of benzene rings is 2. The molecular weight excluding hydrogens is 398 g/mol. The van der Waals surface area contributed by atoms with Crippen LogP contribution in [0.3, 0.4) is 0 Å². The minimum Gasteiger partial charge on any atom is -0.496 e. The quantitative estimate of drug-likeness (QED) is 0.365. The maximum Gasteiger partial charge on any atom is 0.328 e. The van der Waals surface area contributed by atoms with E-state index in [1.165, 1.54) is 4.57 Å². The molecule has 0 aliphatic carbocycles. The zero-order valence-corrected chi connectivity index (χ0v) is 16.3. The molecule has 3 N–H and O–H groups in total. The van der Waals surface area contributed by atoms with Crippen molar-refractivity contribution < 1.29 is 9.53 Å². The Morgan fingerprint density at radius 2 is 2.03 bits per heavy atom. The van der Waals surface area contributed by atoms with Gasteiger partial charge in [0.2, 0.25) is 0 Å². The largest absolute Gasteiger partial charge is 0.496 e. The van der Waals surface area contributed by atoms with Crippen LogP contribution >= 0.6 is 0 Å². The number of amides is 1. The molecule has 1 radical (unpaired) electrons. The molecule has 10 nitrogen and oxygen atoms in total. The van der Waals surface area contributed by atoms with Gasteiger partial charge >= 0.3 is 12.1 Å². The number of nitrogens with one attached hydrogen (secondary N) is 3. The summed E-state index contributed by atoms with van der Waals surface area (Å²) in [5.41, 5.74) is 3.22. The maximum absolute atomic E-state index is 12.8. The molecule has 2 aromatic carbocycles. The lowest BCUT2D eigenvalue weighted by Crippen LogP contribution is -2.18. The number of fused-ring (bicyclic) bond motifs is 2. The minimum atomic E-state index is -0.390. The predicted molar refractivity (Wildman–Crippen MR) is 115 cm³/mol. The van der Waals surface area contributed by atoms with Crippen LogP contribution < -0.4 is 15.7 Å². The van der Waals surface area contributed by atoms with Gasteiger partial charge in [0.1, 0.15) is 11.3 Å². The van der Waals surface area contributed by atoms with Crippen molar-refractivity contribution >= 4 is 34.4 Å². The Morgan fingerprint density at radius 3 is 2.87 bits per heavy atom. The molecule has 0 unspecified atom stereocenters. The van der Waals surface area contributed by atoms with Gasteiger partial charge in [-0.15, -0.1) is 0 Å². The molecule has 0 atom stereocenters. The summed E-state index contributed by atoms with van der Waals surface area (Å²) in [7, 11) is 1.57. The average molecular weight is 414 g/mol. The Kier molecular flexibility index (Phi) is 4.43. The van der Waals surface area contributed by atoms with Gasteiger partial charge in [-0.3, -0.25) is 9.36 Å². The van der Waals surface area contributed by atoms with Crippen LogP contribution in [-0.2, 0) is 11.3 Å². The van der Waals surface area contributed by atoms with Gasteiger partial charge < -0.3 is 20.0 Å². The van der Waals surface area contributed by atoms with Gasteiger partial charge in [-0.05, 0) is 18.2 Å². The first kappa shape index (κ1) is 18.6. The first-order chi connectivity index (χ1) is 15.2. The monoisotopic (exact) mass is 414 g/mol. The number of para-hydroxylation sites is 2. The topological polar surface area (TPSA) is 131 Å². The Hall–Kier alpha value is -4.47. The SMILES string of the molecule is COc1ccccc1Cn1c(=O)[nH]c2c(N[C]=O)nc(-c3cccc4[nH]cnc34)nc21. The number of methoxy groups -OCH3 is 1. The summed E-state index contributed by atoms with van der Waals surface area (Å²) in [6.07, 6.45) is 3.20. The number of imidazole rings is 2. The Bertz CT molecular complexity index is 1480. The van der Waals surface area contributed by atoms with Crippen molar-refractivity contribution in [2.24, 2.45) is 0 Å². The number of nitrogens with zero attached hydrogens (tertiary/aromatic N) is 4. The lowest BCUT2D eigenvalue weighted by molar-refractivity contribution is 0.408. The van der Waals surface area contributed by atoms with Gasteiger partial charge in [0, 0.05) is 11.1 Å². The standard InChI is InChI=1S/C21H16N7O3/c1-31-15-8-3-2-5-12(15)9-28-20-17(25-21(28)30)19(24-11-29)26-18(27-20)13-6-4-7-14-16(13)23-10-22-14/h2-8,10H,9H2,1H3,(H,22,23)(H,25,30)(H,24,26,27,29). The highest BCUT2D eigenvalue weighted by Gasteiger charge is 2.19. The molecule has 0 spiro atoms. The van der Waals surface area contributed by atoms with Crippen molar-refractivity contribution in [2.45, 2.75) is 6.54 Å². The van der Waals surface area contributed by atoms with Gasteiger partial charge in [-0.1, -0.05) is 24.3 Å². The van der Waals surface area contributed by atoms with Gasteiger partial charge in [-0.25, -0.2) is 19.7 Å². The van der Waals surface area contributed by atoms with E-state index in [-0.39, 0.29) is 18.1 Å². The number of hydrogen-bond donors (Lipinski definition) is 3. The Labute approximate surface area is 174 Å². The lowest BCUT2D eigenvalue weighted by atomic mass is 10.1. The number of rotatable bonds is 6. The first-order valence-electron chi connectivity index (χ1n) is 9.37. The molecule has 0 saturated heterocycles. The first-order valence-corrected chi connectivity index (χ1v) is 9.37. The summed E-state index contributed by atoms with van der Waals surface area (Å²) in [6, 6.07) is 13.0. The van der Waals surface area contributed by atoms with Crippen LogP contribution in [0, 0.1) is 0 Å². The molecule has 153 valence electrons. The van der Waals surface area contributed by atoms with Crippen LogP contribution in [0.2, 0.25) is 0 Å². The zero-order chi connectivity index (χ0) is 21.4. The van der Waals surface area contributed by atoms with Crippen LogP contribution in [0.15, 0.2) is 53.6 Å². The van der Waals surface area contributed by atoms with Crippen LogP contribution in [0.25, 0.3) is 33.6 Å². The minimum absolute atomic E-state index is 0.151. The molecular formula is C21H16N7O3. The number of hydrogen-bond acceptors (Lipinski definition) is 6. The van der Waals surface area contributed by atoms with Crippen molar-refractivity contribution in [3.8, 4) is 17.1 Å². The second kappa shape index (κ2) is 7.41. The molecule has 5 rings (SSSR count). The van der Waals surface area contributed by atoms with E-state index in [9.17, 15) is 9.59 Å². The zero-order valence-electron chi connectivity index (χ0n) is 16.3. The highest BCUT2D eigenvalue weighted by Crippen LogP contribution is 2.28. The van der Waals surface area contributed by atoms with E-state index in [2.05, 4.69) is 30.2 Å². The smallest absolute Gasteiger partial charge is 0.328 e. The molecule has 3 aromatic heterocycles. The fourth-order valence-electron chi connectivity index (χ4n) is 3.59. The second-order valence-corrected chi connectivity index (χ2v) is 6.75. The van der Waals surface area contributed by atoms with Crippen molar-refractivity contribution in [3.05, 3.63) is 64.8 Å². The third kappa shape index (κ3) is 3.10. The van der Waals surface area contributed by atoms with Crippen LogP contribution in [-0.4, -0.2) is 43.0 Å². The molecule has 0 bridgehead atoms. The fraction of sp³-hybridized carbons (Fsp3) is 0.0952. The summed E-state index contributed by atoms with van der Waals surface area (Å²) in [6.45, 7) is 0.218. The van der Waals surface area contributed by atoms with E-state index in [4.69, 9.17) is 4.74 Å². The van der Waals surface area contributed by atoms with E-state index in [0.29, 0.717) is 33.8 Å². The number of H-pyrrole nitrogens is 2. The van der Waals surface area contributed by atoms with E-state index < -0.39 is 0 Å². The molecule has 1 amide bonds. The predicted octanol–water partition coefficient (Wildman–Crippen LogP) is 2.20. The average Bonchev–Trinajstić information content (AvgIpc) is 3.39. The Morgan fingerprint density at radius 1 is 1.16 bits per heavy atom. The van der Waals surface area contributed by atoms with Crippen LogP contribution in [0.5, 0.6) is 5.75 Å². The summed E-state index contributed by atoms with van der Waals surface area (Å²) in [5.74, 6) is 1.12. The third-order valence-corrected chi connectivity index (χ3v) is 5.00. The molecule has 0 aliphatic rings. The van der Waals surface area contributed by atoms with Crippen molar-refractivity contribution in [1.82, 2.24) is 29.5 Å². The molecule has 10 heteroatoms. The van der Waals surface area contributed by atoms with E-state index >= 15 is 0 Å².